The third-order valence-corrected chi connectivity index (χ3v) is 9.66. The summed E-state index contributed by atoms with van der Waals surface area (Å²) in [4.78, 5) is 39.0. The molecule has 1 aliphatic heterocycles. The van der Waals surface area contributed by atoms with E-state index in [1.54, 1.807) is 11.3 Å². The molecule has 1 saturated carbocycles. The monoisotopic (exact) mass is 502 g/mol. The number of nitrogens with zero attached hydrogens (tertiary/aromatic N) is 3. The maximum atomic E-state index is 13.4. The van der Waals surface area contributed by atoms with Crippen molar-refractivity contribution >= 4 is 39.7 Å². The van der Waals surface area contributed by atoms with E-state index in [2.05, 4.69) is 32.2 Å². The van der Waals surface area contributed by atoms with Crippen LogP contribution < -0.4 is 5.32 Å². The fourth-order valence-electron chi connectivity index (χ4n) is 5.65. The van der Waals surface area contributed by atoms with Crippen molar-refractivity contribution in [1.82, 2.24) is 14.9 Å². The number of thiazole rings is 1. The van der Waals surface area contributed by atoms with Gasteiger partial charge in [-0.1, -0.05) is 26.8 Å². The van der Waals surface area contributed by atoms with Gasteiger partial charge in [-0.25, -0.2) is 9.97 Å². The third kappa shape index (κ3) is 4.32. The van der Waals surface area contributed by atoms with Crippen LogP contribution in [0.15, 0.2) is 30.3 Å². The zero-order valence-corrected chi connectivity index (χ0v) is 22.2. The van der Waals surface area contributed by atoms with Gasteiger partial charge in [0.15, 0.2) is 5.78 Å². The molecule has 1 N–H and O–H groups in total. The summed E-state index contributed by atoms with van der Waals surface area (Å²) in [6.07, 6.45) is 6.83. The highest BCUT2D eigenvalue weighted by Crippen LogP contribution is 2.46. The van der Waals surface area contributed by atoms with Crippen LogP contribution in [-0.4, -0.2) is 45.7 Å². The minimum absolute atomic E-state index is 0.0460. The molecular formula is C29H34N4O2S. The molecule has 3 aliphatic rings. The molecule has 6 nitrogen and oxygen atoms in total. The molecule has 7 heteroatoms. The summed E-state index contributed by atoms with van der Waals surface area (Å²) in [6, 6.07) is 10.4. The first-order valence-corrected chi connectivity index (χ1v) is 14.0. The number of amides is 1. The number of rotatable bonds is 3. The number of carbonyl (C=O) groups is 2. The van der Waals surface area contributed by atoms with Gasteiger partial charge in [0.25, 0.3) is 5.91 Å². The van der Waals surface area contributed by atoms with E-state index in [0.717, 1.165) is 45.9 Å². The Bertz CT molecular complexity index is 1340. The number of piperidine rings is 1. The highest BCUT2D eigenvalue weighted by Gasteiger charge is 2.44. The number of Topliss-reactive ketones (excluding diaryl/α,β-unsaturated/α-hetero) is 1. The second-order valence-electron chi connectivity index (χ2n) is 12.0. The van der Waals surface area contributed by atoms with E-state index in [1.165, 1.54) is 19.3 Å². The summed E-state index contributed by atoms with van der Waals surface area (Å²) < 4.78 is 0. The van der Waals surface area contributed by atoms with E-state index in [4.69, 9.17) is 9.97 Å². The Hall–Kier alpha value is -2.80. The molecule has 0 unspecified atom stereocenters. The molecule has 2 fully saturated rings. The van der Waals surface area contributed by atoms with Crippen molar-refractivity contribution in [3.8, 4) is 0 Å². The Morgan fingerprint density at radius 3 is 2.53 bits per heavy atom. The smallest absolute Gasteiger partial charge is 0.253 e. The topological polar surface area (TPSA) is 75.2 Å². The number of carbonyl (C=O) groups excluding carboxylic acids is 2. The van der Waals surface area contributed by atoms with Crippen LogP contribution in [0.3, 0.4) is 0 Å². The summed E-state index contributed by atoms with van der Waals surface area (Å²) in [5.74, 6) is 1.12. The van der Waals surface area contributed by atoms with Crippen LogP contribution in [0.1, 0.15) is 90.0 Å². The Kier molecular flexibility index (Phi) is 5.67. The lowest BCUT2D eigenvalue weighted by atomic mass is 9.68. The van der Waals surface area contributed by atoms with Crippen LogP contribution in [-0.2, 0) is 11.8 Å². The van der Waals surface area contributed by atoms with E-state index in [1.807, 2.05) is 29.2 Å². The van der Waals surface area contributed by atoms with Gasteiger partial charge in [0.1, 0.15) is 11.5 Å². The molecule has 1 saturated heterocycles. The number of pyridine rings is 1. The Labute approximate surface area is 216 Å². The minimum Gasteiger partial charge on any atom is -0.367 e. The first-order valence-electron chi connectivity index (χ1n) is 13.2. The average Bonchev–Trinajstić information content (AvgIpc) is 3.26. The fourth-order valence-corrected chi connectivity index (χ4v) is 6.96. The zero-order chi connectivity index (χ0) is 25.1. The lowest BCUT2D eigenvalue weighted by Crippen LogP contribution is -2.46. The second kappa shape index (κ2) is 8.65. The maximum absolute atomic E-state index is 13.4. The van der Waals surface area contributed by atoms with Gasteiger partial charge in [0, 0.05) is 46.8 Å². The molecule has 6 rings (SSSR count). The molecule has 0 atom stereocenters. The molecule has 0 bridgehead atoms. The molecule has 3 heterocycles. The first-order chi connectivity index (χ1) is 17.2. The van der Waals surface area contributed by atoms with Crippen LogP contribution in [0.25, 0.3) is 10.9 Å². The number of ketones is 1. The Morgan fingerprint density at radius 1 is 1.08 bits per heavy atom. The lowest BCUT2D eigenvalue weighted by Gasteiger charge is -2.43. The van der Waals surface area contributed by atoms with Crippen molar-refractivity contribution in [3.05, 3.63) is 51.5 Å². The molecule has 2 aromatic heterocycles. The second-order valence-corrected chi connectivity index (χ2v) is 13.1. The SMILES string of the molecule is CC(C)(C)c1nc2c(s1)CC1(CCN(C(=O)c3ccc4ccc(NC5CCC5)nc4c3)CC1)CC2=O. The molecule has 36 heavy (non-hydrogen) atoms. The molecule has 3 aromatic rings. The predicted molar refractivity (Wildman–Crippen MR) is 144 cm³/mol. The van der Waals surface area contributed by atoms with Crippen LogP contribution >= 0.6 is 11.3 Å². The van der Waals surface area contributed by atoms with Crippen LogP contribution in [0.2, 0.25) is 0 Å². The van der Waals surface area contributed by atoms with Gasteiger partial charge in [0.05, 0.1) is 10.5 Å². The van der Waals surface area contributed by atoms with Crippen molar-refractivity contribution in [3.63, 3.8) is 0 Å². The quantitative estimate of drug-likeness (QED) is 0.475. The molecular weight excluding hydrogens is 468 g/mol. The fraction of sp³-hybridized carbons (Fsp3) is 0.517. The van der Waals surface area contributed by atoms with E-state index < -0.39 is 0 Å². The average molecular weight is 503 g/mol. The summed E-state index contributed by atoms with van der Waals surface area (Å²) in [6.45, 7) is 7.81. The number of hydrogen-bond acceptors (Lipinski definition) is 6. The Balaban J connectivity index is 1.16. The largest absolute Gasteiger partial charge is 0.367 e. The molecule has 188 valence electrons. The first kappa shape index (κ1) is 23.6. The van der Waals surface area contributed by atoms with Crippen LogP contribution in [0.5, 0.6) is 0 Å². The van der Waals surface area contributed by atoms with Crippen LogP contribution in [0, 0.1) is 5.41 Å². The van der Waals surface area contributed by atoms with Gasteiger partial charge >= 0.3 is 0 Å². The maximum Gasteiger partial charge on any atom is 0.253 e. The summed E-state index contributed by atoms with van der Waals surface area (Å²) in [7, 11) is 0. The highest BCUT2D eigenvalue weighted by atomic mass is 32.1. The number of benzene rings is 1. The molecule has 1 aromatic carbocycles. The summed E-state index contributed by atoms with van der Waals surface area (Å²) in [5, 5.41) is 5.58. The van der Waals surface area contributed by atoms with E-state index >= 15 is 0 Å². The summed E-state index contributed by atoms with van der Waals surface area (Å²) >= 11 is 1.70. The number of anilines is 1. The van der Waals surface area contributed by atoms with Gasteiger partial charge in [-0.05, 0) is 68.2 Å². The van der Waals surface area contributed by atoms with Crippen molar-refractivity contribution in [2.75, 3.05) is 18.4 Å². The van der Waals surface area contributed by atoms with Gasteiger partial charge in [-0.2, -0.15) is 0 Å². The minimum atomic E-state index is -0.0476. The number of likely N-dealkylation sites (tertiary alicyclic amines) is 1. The Morgan fingerprint density at radius 2 is 1.83 bits per heavy atom. The van der Waals surface area contributed by atoms with Crippen molar-refractivity contribution in [1.29, 1.82) is 0 Å². The van der Waals surface area contributed by atoms with E-state index in [9.17, 15) is 9.59 Å². The standard InChI is InChI=1S/C29H34N4O2S/c1-28(2,3)27-32-25-22(34)16-29(17-23(25)36-27)11-13-33(14-12-29)26(35)19-8-7-18-9-10-24(31-21(18)15-19)30-20-5-4-6-20/h7-10,15,20H,4-6,11-14,16-17H2,1-3H3,(H,30,31). The van der Waals surface area contributed by atoms with E-state index in [-0.39, 0.29) is 22.5 Å². The van der Waals surface area contributed by atoms with Crippen molar-refractivity contribution in [2.45, 2.75) is 77.2 Å². The van der Waals surface area contributed by atoms with E-state index in [0.29, 0.717) is 36.8 Å². The number of fused-ring (bicyclic) bond motifs is 2. The van der Waals surface area contributed by atoms with Gasteiger partial charge in [0.2, 0.25) is 0 Å². The molecule has 1 amide bonds. The number of nitrogens with one attached hydrogen (secondary N) is 1. The van der Waals surface area contributed by atoms with Crippen LogP contribution in [0.4, 0.5) is 5.82 Å². The van der Waals surface area contributed by atoms with Gasteiger partial charge < -0.3 is 10.2 Å². The van der Waals surface area contributed by atoms with Gasteiger partial charge in [-0.3, -0.25) is 9.59 Å². The molecule has 0 radical (unpaired) electrons. The van der Waals surface area contributed by atoms with Crippen molar-refractivity contribution in [2.24, 2.45) is 5.41 Å². The van der Waals surface area contributed by atoms with Crippen molar-refractivity contribution < 1.29 is 9.59 Å². The number of hydrogen-bond donors (Lipinski definition) is 1. The zero-order valence-electron chi connectivity index (χ0n) is 21.4. The lowest BCUT2D eigenvalue weighted by molar-refractivity contribution is 0.0522. The molecule has 2 aliphatic carbocycles. The summed E-state index contributed by atoms with van der Waals surface area (Å²) in [5.41, 5.74) is 2.14. The number of aromatic nitrogens is 2. The van der Waals surface area contributed by atoms with Gasteiger partial charge in [-0.15, -0.1) is 11.3 Å². The third-order valence-electron chi connectivity index (χ3n) is 8.18. The predicted octanol–water partition coefficient (Wildman–Crippen LogP) is 6.00. The highest BCUT2D eigenvalue weighted by molar-refractivity contribution is 7.12. The molecule has 1 spiro atoms. The normalized spacial score (nSPS) is 19.9.